The standard InChI is InChI=1S/C28H34BrFN4O2/c1-17-12-20-2-3-21-15-22(30)16-32-27(21)26(25(20)23(29)13-17)19-6-10-33(11-7-19)24(35)14-18-4-8-34(9-5-18)28(31)36/h12-13,15-16,18-19,26H,2-11,14H2,1H3,(H2,31,36). The van der Waals surface area contributed by atoms with E-state index in [0.717, 1.165) is 67.3 Å². The average molecular weight is 558 g/mol. The lowest BCUT2D eigenvalue weighted by atomic mass is 9.76. The van der Waals surface area contributed by atoms with Crippen molar-refractivity contribution in [2.75, 3.05) is 26.2 Å². The van der Waals surface area contributed by atoms with Crippen molar-refractivity contribution in [1.82, 2.24) is 14.8 Å². The third kappa shape index (κ3) is 5.15. The summed E-state index contributed by atoms with van der Waals surface area (Å²) in [4.78, 5) is 32.8. The molecule has 6 nitrogen and oxygen atoms in total. The van der Waals surface area contributed by atoms with E-state index in [2.05, 4.69) is 40.0 Å². The molecular formula is C28H34BrFN4O2. The molecule has 1 aromatic carbocycles. The molecule has 0 bridgehead atoms. The number of halogens is 2. The van der Waals surface area contributed by atoms with Crippen LogP contribution in [0.5, 0.6) is 0 Å². The summed E-state index contributed by atoms with van der Waals surface area (Å²) in [5, 5.41) is 0. The second-order valence-corrected chi connectivity index (χ2v) is 11.5. The zero-order valence-electron chi connectivity index (χ0n) is 20.8. The van der Waals surface area contributed by atoms with E-state index in [-0.39, 0.29) is 23.7 Å². The summed E-state index contributed by atoms with van der Waals surface area (Å²) in [6.07, 6.45) is 7.00. The number of amides is 3. The Bertz CT molecular complexity index is 1160. The molecule has 3 heterocycles. The molecule has 2 aromatic rings. The Morgan fingerprint density at radius 2 is 1.69 bits per heavy atom. The van der Waals surface area contributed by atoms with E-state index in [0.29, 0.717) is 31.3 Å². The highest BCUT2D eigenvalue weighted by atomic mass is 79.9. The van der Waals surface area contributed by atoms with Crippen molar-refractivity contribution in [3.63, 3.8) is 0 Å². The van der Waals surface area contributed by atoms with Gasteiger partial charge in [-0.05, 0) is 91.7 Å². The van der Waals surface area contributed by atoms with Crippen LogP contribution in [0.2, 0.25) is 0 Å². The van der Waals surface area contributed by atoms with Crippen molar-refractivity contribution >= 4 is 27.9 Å². The number of primary amides is 1. The lowest BCUT2D eigenvalue weighted by Gasteiger charge is -2.38. The van der Waals surface area contributed by atoms with Gasteiger partial charge in [0.1, 0.15) is 5.82 Å². The van der Waals surface area contributed by atoms with E-state index in [4.69, 9.17) is 5.73 Å². The molecule has 2 aliphatic heterocycles. The van der Waals surface area contributed by atoms with E-state index in [1.807, 2.05) is 4.90 Å². The number of aromatic nitrogens is 1. The topological polar surface area (TPSA) is 79.5 Å². The number of likely N-dealkylation sites (tertiary alicyclic amines) is 2. The Balaban J connectivity index is 1.31. The summed E-state index contributed by atoms with van der Waals surface area (Å²) in [6, 6.07) is 5.71. The van der Waals surface area contributed by atoms with Crippen LogP contribution in [0.4, 0.5) is 9.18 Å². The Labute approximate surface area is 220 Å². The summed E-state index contributed by atoms with van der Waals surface area (Å²) in [6.45, 7) is 4.85. The number of nitrogens with zero attached hydrogens (tertiary/aromatic N) is 3. The first-order valence-electron chi connectivity index (χ1n) is 13.1. The zero-order chi connectivity index (χ0) is 25.4. The fraction of sp³-hybridized carbons (Fsp3) is 0.536. The molecule has 0 spiro atoms. The second kappa shape index (κ2) is 10.5. The molecule has 8 heteroatoms. The minimum Gasteiger partial charge on any atom is -0.351 e. The third-order valence-electron chi connectivity index (χ3n) is 8.35. The molecule has 2 fully saturated rings. The molecule has 1 unspecified atom stereocenters. The zero-order valence-corrected chi connectivity index (χ0v) is 22.4. The molecule has 1 aromatic heterocycles. The van der Waals surface area contributed by atoms with E-state index < -0.39 is 0 Å². The normalized spacial score (nSPS) is 21.0. The maximum Gasteiger partial charge on any atom is 0.314 e. The fourth-order valence-electron chi connectivity index (χ4n) is 6.43. The molecule has 1 aliphatic carbocycles. The summed E-state index contributed by atoms with van der Waals surface area (Å²) in [5.41, 5.74) is 11.2. The van der Waals surface area contributed by atoms with Gasteiger partial charge in [-0.15, -0.1) is 0 Å². The minimum absolute atomic E-state index is 0.0865. The van der Waals surface area contributed by atoms with E-state index in [1.54, 1.807) is 11.0 Å². The van der Waals surface area contributed by atoms with Gasteiger partial charge in [-0.1, -0.05) is 22.0 Å². The van der Waals surface area contributed by atoms with Gasteiger partial charge in [0.2, 0.25) is 5.91 Å². The highest BCUT2D eigenvalue weighted by Gasteiger charge is 2.36. The van der Waals surface area contributed by atoms with Crippen LogP contribution in [0.15, 0.2) is 28.9 Å². The van der Waals surface area contributed by atoms with Gasteiger partial charge in [0.15, 0.2) is 0 Å². The quantitative estimate of drug-likeness (QED) is 0.581. The number of aryl methyl sites for hydroxylation is 3. The van der Waals surface area contributed by atoms with Crippen LogP contribution in [0, 0.1) is 24.6 Å². The van der Waals surface area contributed by atoms with Gasteiger partial charge in [0.25, 0.3) is 0 Å². The fourth-order valence-corrected chi connectivity index (χ4v) is 7.30. The van der Waals surface area contributed by atoms with Gasteiger partial charge in [-0.2, -0.15) is 0 Å². The molecule has 2 saturated heterocycles. The molecule has 192 valence electrons. The monoisotopic (exact) mass is 556 g/mol. The molecule has 3 aliphatic rings. The molecule has 1 atom stereocenters. The smallest absolute Gasteiger partial charge is 0.314 e. The van der Waals surface area contributed by atoms with Crippen LogP contribution in [-0.2, 0) is 17.6 Å². The number of piperidine rings is 2. The van der Waals surface area contributed by atoms with Crippen LogP contribution in [0.1, 0.15) is 66.0 Å². The molecule has 36 heavy (non-hydrogen) atoms. The molecular weight excluding hydrogens is 523 g/mol. The van der Waals surface area contributed by atoms with Crippen molar-refractivity contribution in [3.8, 4) is 0 Å². The number of carbonyl (C=O) groups excluding carboxylic acids is 2. The Kier molecular flexibility index (Phi) is 7.33. The van der Waals surface area contributed by atoms with Gasteiger partial charge in [-0.25, -0.2) is 9.18 Å². The number of nitrogens with two attached hydrogens (primary N) is 1. The summed E-state index contributed by atoms with van der Waals surface area (Å²) in [7, 11) is 0. The molecule has 0 saturated carbocycles. The van der Waals surface area contributed by atoms with Gasteiger partial charge >= 0.3 is 6.03 Å². The van der Waals surface area contributed by atoms with Crippen LogP contribution < -0.4 is 5.73 Å². The van der Waals surface area contributed by atoms with Crippen molar-refractivity contribution < 1.29 is 14.0 Å². The molecule has 5 rings (SSSR count). The summed E-state index contributed by atoms with van der Waals surface area (Å²) >= 11 is 3.85. The molecule has 2 N–H and O–H groups in total. The SMILES string of the molecule is Cc1cc(Br)c2c(c1)CCc1cc(F)cnc1C2C1CCN(C(=O)CC2CCN(C(N)=O)CC2)CC1. The first-order chi connectivity index (χ1) is 17.3. The lowest BCUT2D eigenvalue weighted by molar-refractivity contribution is -0.134. The predicted octanol–water partition coefficient (Wildman–Crippen LogP) is 4.94. The first kappa shape index (κ1) is 25.2. The molecule has 0 radical (unpaired) electrons. The summed E-state index contributed by atoms with van der Waals surface area (Å²) in [5.74, 6) is 0.661. The minimum atomic E-state index is -0.373. The maximum atomic E-state index is 14.1. The number of carbonyl (C=O) groups is 2. The number of benzene rings is 1. The predicted molar refractivity (Wildman–Crippen MR) is 140 cm³/mol. The van der Waals surface area contributed by atoms with Gasteiger partial charge in [0.05, 0.1) is 11.9 Å². The number of hydrogen-bond donors (Lipinski definition) is 1. The van der Waals surface area contributed by atoms with E-state index in [1.165, 1.54) is 22.9 Å². The maximum absolute atomic E-state index is 14.1. The second-order valence-electron chi connectivity index (χ2n) is 10.7. The number of pyridine rings is 1. The Morgan fingerprint density at radius 1 is 1.03 bits per heavy atom. The average Bonchev–Trinajstić information content (AvgIpc) is 3.01. The highest BCUT2D eigenvalue weighted by molar-refractivity contribution is 9.10. The van der Waals surface area contributed by atoms with Crippen molar-refractivity contribution in [1.29, 1.82) is 0 Å². The van der Waals surface area contributed by atoms with Gasteiger partial charge in [-0.3, -0.25) is 9.78 Å². The lowest BCUT2D eigenvalue weighted by Crippen LogP contribution is -2.44. The van der Waals surface area contributed by atoms with Crippen LogP contribution in [0.25, 0.3) is 0 Å². The highest BCUT2D eigenvalue weighted by Crippen LogP contribution is 2.45. The van der Waals surface area contributed by atoms with E-state index in [9.17, 15) is 14.0 Å². The summed E-state index contributed by atoms with van der Waals surface area (Å²) < 4.78 is 15.2. The molecule has 3 amide bonds. The number of hydrogen-bond acceptors (Lipinski definition) is 3. The van der Waals surface area contributed by atoms with Gasteiger partial charge in [0, 0.05) is 43.0 Å². The van der Waals surface area contributed by atoms with Crippen molar-refractivity contribution in [3.05, 3.63) is 62.6 Å². The van der Waals surface area contributed by atoms with Crippen molar-refractivity contribution in [2.24, 2.45) is 17.6 Å². The van der Waals surface area contributed by atoms with Crippen LogP contribution in [0.3, 0.4) is 0 Å². The van der Waals surface area contributed by atoms with Crippen LogP contribution >= 0.6 is 15.9 Å². The van der Waals surface area contributed by atoms with E-state index >= 15 is 0 Å². The number of fused-ring (bicyclic) bond motifs is 2. The van der Waals surface area contributed by atoms with Crippen molar-refractivity contribution in [2.45, 2.75) is 57.8 Å². The Morgan fingerprint density at radius 3 is 2.39 bits per heavy atom. The first-order valence-corrected chi connectivity index (χ1v) is 13.8. The number of urea groups is 1. The third-order valence-corrected chi connectivity index (χ3v) is 9.01. The Hall–Kier alpha value is -2.48. The number of rotatable bonds is 3. The largest absolute Gasteiger partial charge is 0.351 e. The van der Waals surface area contributed by atoms with Crippen LogP contribution in [-0.4, -0.2) is 52.9 Å². The van der Waals surface area contributed by atoms with Gasteiger partial charge < -0.3 is 15.5 Å².